The summed E-state index contributed by atoms with van der Waals surface area (Å²) < 4.78 is 29.0. The van der Waals surface area contributed by atoms with Gasteiger partial charge in [0.2, 0.25) is 5.91 Å². The summed E-state index contributed by atoms with van der Waals surface area (Å²) in [5.41, 5.74) is -0.109. The fourth-order valence-corrected chi connectivity index (χ4v) is 3.59. The number of benzene rings is 2. The number of carbonyl (C=O) groups is 1. The molecule has 0 aliphatic carbocycles. The number of hydrogen-bond acceptors (Lipinski definition) is 4. The van der Waals surface area contributed by atoms with Crippen molar-refractivity contribution in [1.29, 1.82) is 0 Å². The Labute approximate surface area is 171 Å². The maximum Gasteiger partial charge on any atom is 0.262 e. The SMILES string of the molecule is CC(C)CCn1c(SCC(=O)Nc2c(F)cccc2F)nc2ccccc2c1=O. The van der Waals surface area contributed by atoms with Crippen LogP contribution in [0.25, 0.3) is 10.9 Å². The van der Waals surface area contributed by atoms with Gasteiger partial charge in [0.1, 0.15) is 17.3 Å². The second-order valence-electron chi connectivity index (χ2n) is 6.98. The van der Waals surface area contributed by atoms with Crippen molar-refractivity contribution in [3.8, 4) is 0 Å². The highest BCUT2D eigenvalue weighted by Crippen LogP contribution is 2.21. The van der Waals surface area contributed by atoms with Crippen LogP contribution in [-0.2, 0) is 11.3 Å². The van der Waals surface area contributed by atoms with Crippen molar-refractivity contribution < 1.29 is 13.6 Å². The molecule has 29 heavy (non-hydrogen) atoms. The molecule has 1 N–H and O–H groups in total. The van der Waals surface area contributed by atoms with E-state index in [0.29, 0.717) is 28.5 Å². The molecule has 152 valence electrons. The zero-order valence-electron chi connectivity index (χ0n) is 16.1. The lowest BCUT2D eigenvalue weighted by atomic mass is 10.1. The molecule has 0 aliphatic rings. The summed E-state index contributed by atoms with van der Waals surface area (Å²) in [4.78, 5) is 29.7. The minimum atomic E-state index is -0.846. The fraction of sp³-hybridized carbons (Fsp3) is 0.286. The summed E-state index contributed by atoms with van der Waals surface area (Å²) in [6.07, 6.45) is 0.778. The predicted octanol–water partition coefficient (Wildman–Crippen LogP) is 4.45. The molecule has 0 radical (unpaired) electrons. The first-order valence-electron chi connectivity index (χ1n) is 9.23. The highest BCUT2D eigenvalue weighted by molar-refractivity contribution is 7.99. The van der Waals surface area contributed by atoms with E-state index in [-0.39, 0.29) is 11.3 Å². The molecule has 5 nitrogen and oxygen atoms in total. The molecule has 0 fully saturated rings. The van der Waals surface area contributed by atoms with E-state index in [9.17, 15) is 18.4 Å². The van der Waals surface area contributed by atoms with Gasteiger partial charge in [-0.15, -0.1) is 0 Å². The van der Waals surface area contributed by atoms with E-state index in [2.05, 4.69) is 24.1 Å². The van der Waals surface area contributed by atoms with Crippen LogP contribution in [0.4, 0.5) is 14.5 Å². The van der Waals surface area contributed by atoms with Crippen LogP contribution in [-0.4, -0.2) is 21.2 Å². The topological polar surface area (TPSA) is 64.0 Å². The van der Waals surface area contributed by atoms with E-state index >= 15 is 0 Å². The Kier molecular flexibility index (Phi) is 6.64. The van der Waals surface area contributed by atoms with Gasteiger partial charge in [0.25, 0.3) is 5.56 Å². The molecule has 0 saturated heterocycles. The molecule has 0 bridgehead atoms. The minimum Gasteiger partial charge on any atom is -0.320 e. The van der Waals surface area contributed by atoms with Gasteiger partial charge in [-0.1, -0.05) is 43.8 Å². The number of amides is 1. The molecule has 1 amide bonds. The number of nitrogens with one attached hydrogen (secondary N) is 1. The summed E-state index contributed by atoms with van der Waals surface area (Å²) in [6, 6.07) is 10.4. The standard InChI is InChI=1S/C21H21F2N3O2S/c1-13(2)10-11-26-20(28)14-6-3-4-9-17(14)24-21(26)29-12-18(27)25-19-15(22)7-5-8-16(19)23/h3-9,13H,10-12H2,1-2H3,(H,25,27). The molecular formula is C21H21F2N3O2S. The number of rotatable bonds is 7. The highest BCUT2D eigenvalue weighted by atomic mass is 32.2. The van der Waals surface area contributed by atoms with Crippen molar-refractivity contribution in [2.45, 2.75) is 32.0 Å². The smallest absolute Gasteiger partial charge is 0.262 e. The van der Waals surface area contributed by atoms with Crippen LogP contribution >= 0.6 is 11.8 Å². The number of fused-ring (bicyclic) bond motifs is 1. The minimum absolute atomic E-state index is 0.139. The monoisotopic (exact) mass is 417 g/mol. The van der Waals surface area contributed by atoms with Gasteiger partial charge in [-0.3, -0.25) is 14.2 Å². The molecule has 0 aliphatic heterocycles. The zero-order valence-corrected chi connectivity index (χ0v) is 16.9. The van der Waals surface area contributed by atoms with Gasteiger partial charge in [0.05, 0.1) is 16.7 Å². The number of halogens is 2. The van der Waals surface area contributed by atoms with Gasteiger partial charge >= 0.3 is 0 Å². The maximum atomic E-state index is 13.7. The normalized spacial score (nSPS) is 11.2. The van der Waals surface area contributed by atoms with Crippen molar-refractivity contribution in [2.24, 2.45) is 5.92 Å². The van der Waals surface area contributed by atoms with E-state index in [1.165, 1.54) is 6.07 Å². The van der Waals surface area contributed by atoms with Gasteiger partial charge in [-0.2, -0.15) is 0 Å². The van der Waals surface area contributed by atoms with Crippen LogP contribution in [0.1, 0.15) is 20.3 Å². The molecule has 1 aromatic heterocycles. The average Bonchev–Trinajstić information content (AvgIpc) is 2.68. The second-order valence-corrected chi connectivity index (χ2v) is 7.93. The van der Waals surface area contributed by atoms with Gasteiger partial charge in [0, 0.05) is 6.54 Å². The van der Waals surface area contributed by atoms with Crippen molar-refractivity contribution in [3.63, 3.8) is 0 Å². The first-order chi connectivity index (χ1) is 13.9. The Balaban J connectivity index is 1.83. The van der Waals surface area contributed by atoms with Gasteiger partial charge < -0.3 is 5.32 Å². The third-order valence-electron chi connectivity index (χ3n) is 4.32. The zero-order chi connectivity index (χ0) is 21.0. The average molecular weight is 417 g/mol. The van der Waals surface area contributed by atoms with Gasteiger partial charge in [0.15, 0.2) is 5.16 Å². The molecule has 8 heteroatoms. The lowest BCUT2D eigenvalue weighted by Gasteiger charge is -2.14. The third-order valence-corrected chi connectivity index (χ3v) is 5.29. The molecule has 0 saturated carbocycles. The van der Waals surface area contributed by atoms with Crippen LogP contribution in [0.2, 0.25) is 0 Å². The quantitative estimate of drug-likeness (QED) is 0.456. The van der Waals surface area contributed by atoms with E-state index in [1.807, 2.05) is 0 Å². The Morgan fingerprint density at radius 1 is 1.14 bits per heavy atom. The van der Waals surface area contributed by atoms with Crippen molar-refractivity contribution >= 4 is 34.3 Å². The molecule has 3 aromatic rings. The molecule has 3 rings (SSSR count). The van der Waals surface area contributed by atoms with Crippen molar-refractivity contribution in [2.75, 3.05) is 11.1 Å². The first-order valence-corrected chi connectivity index (χ1v) is 10.2. The number of para-hydroxylation sites is 2. The largest absolute Gasteiger partial charge is 0.320 e. The Morgan fingerprint density at radius 2 is 1.83 bits per heavy atom. The number of aromatic nitrogens is 2. The Bertz CT molecular complexity index is 1080. The van der Waals surface area contributed by atoms with Gasteiger partial charge in [-0.05, 0) is 36.6 Å². The fourth-order valence-electron chi connectivity index (χ4n) is 2.77. The molecule has 0 spiro atoms. The number of thioether (sulfide) groups is 1. The van der Waals surface area contributed by atoms with Crippen LogP contribution < -0.4 is 10.9 Å². The number of carbonyl (C=O) groups excluding carboxylic acids is 1. The molecule has 0 atom stereocenters. The number of anilines is 1. The highest BCUT2D eigenvalue weighted by Gasteiger charge is 2.16. The predicted molar refractivity (Wildman–Crippen MR) is 111 cm³/mol. The summed E-state index contributed by atoms with van der Waals surface area (Å²) >= 11 is 1.06. The molecule has 2 aromatic carbocycles. The van der Waals surface area contributed by atoms with E-state index in [4.69, 9.17) is 0 Å². The van der Waals surface area contributed by atoms with Crippen LogP contribution in [0, 0.1) is 17.6 Å². The van der Waals surface area contributed by atoms with Crippen LogP contribution in [0.3, 0.4) is 0 Å². The summed E-state index contributed by atoms with van der Waals surface area (Å²) in [7, 11) is 0. The summed E-state index contributed by atoms with van der Waals surface area (Å²) in [6.45, 7) is 4.59. The molecule has 0 unspecified atom stereocenters. The molecular weight excluding hydrogens is 396 g/mol. The second kappa shape index (κ2) is 9.17. The Morgan fingerprint density at radius 3 is 2.52 bits per heavy atom. The van der Waals surface area contributed by atoms with Crippen LogP contribution in [0.15, 0.2) is 52.4 Å². The number of hydrogen-bond donors (Lipinski definition) is 1. The molecule has 1 heterocycles. The number of nitrogens with zero attached hydrogens (tertiary/aromatic N) is 2. The van der Waals surface area contributed by atoms with Gasteiger partial charge in [-0.25, -0.2) is 13.8 Å². The maximum absolute atomic E-state index is 13.7. The lowest BCUT2D eigenvalue weighted by Crippen LogP contribution is -2.25. The third kappa shape index (κ3) is 5.00. The van der Waals surface area contributed by atoms with Crippen molar-refractivity contribution in [1.82, 2.24) is 9.55 Å². The lowest BCUT2D eigenvalue weighted by molar-refractivity contribution is -0.113. The first kappa shape index (κ1) is 21.0. The van der Waals surface area contributed by atoms with E-state index < -0.39 is 23.2 Å². The summed E-state index contributed by atoms with van der Waals surface area (Å²) in [5.74, 6) is -2.03. The van der Waals surface area contributed by atoms with Crippen molar-refractivity contribution in [3.05, 3.63) is 64.5 Å². The van der Waals surface area contributed by atoms with Crippen LogP contribution in [0.5, 0.6) is 0 Å². The summed E-state index contributed by atoms with van der Waals surface area (Å²) in [5, 5.41) is 3.16. The van der Waals surface area contributed by atoms with E-state index in [1.54, 1.807) is 28.8 Å². The Hall–Kier alpha value is -2.74. The van der Waals surface area contributed by atoms with E-state index in [0.717, 1.165) is 30.3 Å².